The Labute approximate surface area is 181 Å². The van der Waals surface area contributed by atoms with Crippen LogP contribution in [0.4, 0.5) is 0 Å². The molecule has 10 nitrogen and oxygen atoms in total. The molecule has 2 fully saturated rings. The molecule has 2 rings (SSSR count). The highest BCUT2D eigenvalue weighted by Gasteiger charge is 2.67. The summed E-state index contributed by atoms with van der Waals surface area (Å²) in [6, 6.07) is 0. The van der Waals surface area contributed by atoms with E-state index in [0.717, 1.165) is 12.2 Å². The minimum atomic E-state index is -2.31. The number of ether oxygens (including phenoxy) is 6. The summed E-state index contributed by atoms with van der Waals surface area (Å²) in [5.74, 6) is -4.15. The van der Waals surface area contributed by atoms with Crippen LogP contribution in [-0.4, -0.2) is 73.7 Å². The van der Waals surface area contributed by atoms with Gasteiger partial charge in [-0.25, -0.2) is 9.59 Å². The van der Waals surface area contributed by atoms with Crippen LogP contribution in [0.5, 0.6) is 0 Å². The summed E-state index contributed by atoms with van der Waals surface area (Å²) >= 11 is 0. The molecule has 10 heteroatoms. The molecule has 2 aliphatic rings. The molecule has 0 radical (unpaired) electrons. The third-order valence-electron chi connectivity index (χ3n) is 5.34. The first kappa shape index (κ1) is 25.4. The van der Waals surface area contributed by atoms with Gasteiger partial charge in [-0.05, 0) is 0 Å². The first-order chi connectivity index (χ1) is 14.4. The molecule has 2 saturated heterocycles. The van der Waals surface area contributed by atoms with Gasteiger partial charge in [0.05, 0.1) is 33.0 Å². The molecule has 0 amide bonds. The van der Waals surface area contributed by atoms with Gasteiger partial charge in [0.2, 0.25) is 0 Å². The Kier molecular flexibility index (Phi) is 7.68. The molecule has 1 spiro atoms. The minimum Gasteiger partial charge on any atom is -0.396 e. The maximum atomic E-state index is 12.2. The number of hydrogen-bond acceptors (Lipinski definition) is 10. The van der Waals surface area contributed by atoms with Gasteiger partial charge in [-0.3, -0.25) is 4.74 Å². The maximum absolute atomic E-state index is 12.2. The van der Waals surface area contributed by atoms with Gasteiger partial charge in [-0.15, -0.1) is 0 Å². The Morgan fingerprint density at radius 3 is 1.68 bits per heavy atom. The van der Waals surface area contributed by atoms with Gasteiger partial charge < -0.3 is 33.9 Å². The Morgan fingerprint density at radius 1 is 0.903 bits per heavy atom. The molecule has 31 heavy (non-hydrogen) atoms. The molecule has 0 aromatic rings. The van der Waals surface area contributed by atoms with Crippen LogP contribution in [0.1, 0.15) is 27.7 Å². The molecule has 1 atom stereocenters. The fourth-order valence-corrected chi connectivity index (χ4v) is 3.06. The number of aliphatic hydroxyl groups excluding tert-OH is 2. The van der Waals surface area contributed by atoms with E-state index in [1.54, 1.807) is 27.7 Å². The fraction of sp³-hybridized carbons (Fsp3) is 0.714. The predicted octanol–water partition coefficient (Wildman–Crippen LogP) is 0.868. The zero-order chi connectivity index (χ0) is 23.5. The van der Waals surface area contributed by atoms with Gasteiger partial charge in [-0.2, -0.15) is 0 Å². The van der Waals surface area contributed by atoms with Gasteiger partial charge in [0.15, 0.2) is 12.6 Å². The molecular weight excluding hydrogens is 412 g/mol. The topological polar surface area (TPSA) is 130 Å². The van der Waals surface area contributed by atoms with Crippen LogP contribution in [-0.2, 0) is 38.0 Å². The third kappa shape index (κ3) is 5.00. The third-order valence-corrected chi connectivity index (χ3v) is 5.34. The van der Waals surface area contributed by atoms with Gasteiger partial charge in [0.1, 0.15) is 5.41 Å². The zero-order valence-electron chi connectivity index (χ0n) is 18.4. The van der Waals surface area contributed by atoms with E-state index < -0.39 is 46.7 Å². The molecule has 0 aromatic carbocycles. The standard InChI is InChI=1S/C21H32O10/c1-7-14(24)29-21(30-15(25)8-2)20(13-28-17(31-21)19(5,6)10-23)11-26-16(27-12-20)18(3,4)9-22/h7-8,16-17,22-23H,1-2,9-13H2,3-6H3. The van der Waals surface area contributed by atoms with Gasteiger partial charge in [0, 0.05) is 23.0 Å². The summed E-state index contributed by atoms with van der Waals surface area (Å²) in [5, 5.41) is 19.4. The van der Waals surface area contributed by atoms with E-state index in [1.165, 1.54) is 0 Å². The van der Waals surface area contributed by atoms with Crippen molar-refractivity contribution in [2.75, 3.05) is 33.0 Å². The van der Waals surface area contributed by atoms with Crippen LogP contribution in [0.3, 0.4) is 0 Å². The first-order valence-electron chi connectivity index (χ1n) is 9.86. The maximum Gasteiger partial charge on any atom is 0.391 e. The number of hydrogen-bond donors (Lipinski definition) is 2. The lowest BCUT2D eigenvalue weighted by Gasteiger charge is -2.55. The molecule has 2 aliphatic heterocycles. The smallest absolute Gasteiger partial charge is 0.391 e. The Hall–Kier alpha value is -1.82. The molecule has 0 aromatic heterocycles. The van der Waals surface area contributed by atoms with Crippen molar-refractivity contribution in [2.45, 2.75) is 46.2 Å². The lowest BCUT2D eigenvalue weighted by atomic mass is 9.83. The van der Waals surface area contributed by atoms with Crippen LogP contribution in [0.25, 0.3) is 0 Å². The van der Waals surface area contributed by atoms with Crippen molar-refractivity contribution in [2.24, 2.45) is 16.2 Å². The summed E-state index contributed by atoms with van der Waals surface area (Å²) in [4.78, 5) is 24.5. The second-order valence-electron chi connectivity index (χ2n) is 9.10. The van der Waals surface area contributed by atoms with Crippen molar-refractivity contribution in [3.8, 4) is 0 Å². The number of carbonyl (C=O) groups is 2. The second kappa shape index (κ2) is 9.35. The number of carbonyl (C=O) groups excluding carboxylic acids is 2. The predicted molar refractivity (Wildman–Crippen MR) is 106 cm³/mol. The number of esters is 2. The largest absolute Gasteiger partial charge is 0.396 e. The van der Waals surface area contributed by atoms with Crippen molar-refractivity contribution in [3.05, 3.63) is 25.3 Å². The van der Waals surface area contributed by atoms with E-state index in [0.29, 0.717) is 0 Å². The normalized spacial score (nSPS) is 28.6. The quantitative estimate of drug-likeness (QED) is 0.316. The molecule has 0 aliphatic carbocycles. The molecule has 0 saturated carbocycles. The van der Waals surface area contributed by atoms with E-state index in [-0.39, 0.29) is 33.0 Å². The Bertz CT molecular complexity index is 660. The van der Waals surface area contributed by atoms with Gasteiger partial charge in [0.25, 0.3) is 0 Å². The Balaban J connectivity index is 2.48. The number of aliphatic hydroxyl groups is 2. The SMILES string of the molecule is C=CC(=O)OC1(OC(=O)C=C)OC(C(C)(C)CO)OCC12COC(C(C)(C)CO)OC2. The molecule has 1 unspecified atom stereocenters. The highest BCUT2D eigenvalue weighted by molar-refractivity contribution is 5.83. The second-order valence-corrected chi connectivity index (χ2v) is 9.10. The van der Waals surface area contributed by atoms with E-state index in [2.05, 4.69) is 13.2 Å². The van der Waals surface area contributed by atoms with E-state index in [1.807, 2.05) is 0 Å². The van der Waals surface area contributed by atoms with E-state index in [9.17, 15) is 19.8 Å². The highest BCUT2D eigenvalue weighted by Crippen LogP contribution is 2.49. The van der Waals surface area contributed by atoms with Gasteiger partial charge >= 0.3 is 17.9 Å². The summed E-state index contributed by atoms with van der Waals surface area (Å²) in [5.41, 5.74) is -3.07. The monoisotopic (exact) mass is 444 g/mol. The van der Waals surface area contributed by atoms with E-state index >= 15 is 0 Å². The lowest BCUT2D eigenvalue weighted by Crippen LogP contribution is -2.70. The molecule has 2 heterocycles. The van der Waals surface area contributed by atoms with Crippen LogP contribution in [0, 0.1) is 16.2 Å². The van der Waals surface area contributed by atoms with Gasteiger partial charge in [-0.1, -0.05) is 40.9 Å². The average Bonchev–Trinajstić information content (AvgIpc) is 2.75. The highest BCUT2D eigenvalue weighted by atomic mass is 16.9. The molecular formula is C21H32O10. The van der Waals surface area contributed by atoms with Crippen LogP contribution in [0.2, 0.25) is 0 Å². The summed E-state index contributed by atoms with van der Waals surface area (Å²) < 4.78 is 34.4. The summed E-state index contributed by atoms with van der Waals surface area (Å²) in [6.07, 6.45) is -0.0999. The first-order valence-corrected chi connectivity index (χ1v) is 9.86. The number of rotatable bonds is 8. The zero-order valence-corrected chi connectivity index (χ0v) is 18.4. The van der Waals surface area contributed by atoms with Crippen LogP contribution < -0.4 is 0 Å². The van der Waals surface area contributed by atoms with E-state index in [4.69, 9.17) is 28.4 Å². The van der Waals surface area contributed by atoms with Crippen molar-refractivity contribution in [1.29, 1.82) is 0 Å². The molecule has 176 valence electrons. The summed E-state index contributed by atoms with van der Waals surface area (Å²) in [7, 11) is 0. The fourth-order valence-electron chi connectivity index (χ4n) is 3.06. The molecule has 0 bridgehead atoms. The van der Waals surface area contributed by atoms with Crippen LogP contribution >= 0.6 is 0 Å². The molecule has 2 N–H and O–H groups in total. The minimum absolute atomic E-state index is 0.151. The summed E-state index contributed by atoms with van der Waals surface area (Å²) in [6.45, 7) is 12.6. The van der Waals surface area contributed by atoms with Crippen LogP contribution in [0.15, 0.2) is 25.3 Å². The Morgan fingerprint density at radius 2 is 1.29 bits per heavy atom. The van der Waals surface area contributed by atoms with Crippen molar-refractivity contribution in [3.63, 3.8) is 0 Å². The average molecular weight is 444 g/mol. The van der Waals surface area contributed by atoms with Crippen molar-refractivity contribution in [1.82, 2.24) is 0 Å². The van der Waals surface area contributed by atoms with Crippen molar-refractivity contribution >= 4 is 11.9 Å². The lowest BCUT2D eigenvalue weighted by molar-refractivity contribution is -0.499. The van der Waals surface area contributed by atoms with Crippen molar-refractivity contribution < 1.29 is 48.2 Å².